The number of hydrogen-bond acceptors (Lipinski definition) is 6. The topological polar surface area (TPSA) is 122 Å². The van der Waals surface area contributed by atoms with Crippen LogP contribution in [0.4, 0.5) is 0 Å². The van der Waals surface area contributed by atoms with E-state index in [9.17, 15) is 19.8 Å². The van der Waals surface area contributed by atoms with E-state index in [1.165, 1.54) is 6.92 Å². The molecule has 2 aromatic rings. The van der Waals surface area contributed by atoms with Crippen molar-refractivity contribution in [2.75, 3.05) is 6.54 Å². The molecule has 2 amide bonds. The van der Waals surface area contributed by atoms with E-state index in [-0.39, 0.29) is 29.0 Å². The molecule has 0 unspecified atom stereocenters. The smallest absolute Gasteiger partial charge is 0.258 e. The summed E-state index contributed by atoms with van der Waals surface area (Å²) in [5.74, 6) is -1.64. The number of amides is 2. The second-order valence-corrected chi connectivity index (χ2v) is 5.78. The van der Waals surface area contributed by atoms with E-state index in [4.69, 9.17) is 10.5 Å². The van der Waals surface area contributed by atoms with Gasteiger partial charge in [0.05, 0.1) is 5.56 Å². The Hall–Kier alpha value is -3.06. The highest BCUT2D eigenvalue weighted by Crippen LogP contribution is 2.42. The molecule has 0 aliphatic rings. The first-order valence-corrected chi connectivity index (χ1v) is 8.26. The summed E-state index contributed by atoms with van der Waals surface area (Å²) in [5.41, 5.74) is 5.55. The van der Waals surface area contributed by atoms with Crippen molar-refractivity contribution in [3.8, 4) is 23.0 Å². The van der Waals surface area contributed by atoms with E-state index >= 15 is 0 Å². The second kappa shape index (κ2) is 8.87. The summed E-state index contributed by atoms with van der Waals surface area (Å²) >= 11 is 0. The van der Waals surface area contributed by atoms with Gasteiger partial charge in [0.2, 0.25) is 11.7 Å². The molecular formula is C19H22N2O5. The largest absolute Gasteiger partial charge is 0.504 e. The number of hydrogen-bond donors (Lipinski definition) is 4. The zero-order valence-electron chi connectivity index (χ0n) is 14.5. The van der Waals surface area contributed by atoms with Crippen molar-refractivity contribution in [3.05, 3.63) is 47.5 Å². The number of nitrogens with one attached hydrogen (secondary N) is 1. The summed E-state index contributed by atoms with van der Waals surface area (Å²) in [5, 5.41) is 22.7. The number of unbranched alkanes of at least 4 members (excludes halogenated alkanes) is 1. The van der Waals surface area contributed by atoms with Crippen LogP contribution in [0.1, 0.15) is 35.2 Å². The van der Waals surface area contributed by atoms with Crippen molar-refractivity contribution < 1.29 is 24.5 Å². The number of imide groups is 1. The quantitative estimate of drug-likeness (QED) is 0.564. The third-order valence-electron chi connectivity index (χ3n) is 3.81. The number of phenols is 2. The van der Waals surface area contributed by atoms with Gasteiger partial charge in [-0.3, -0.25) is 14.9 Å². The molecule has 5 N–H and O–H groups in total. The standard InChI is InChI=1S/C19H22N2O5/c1-12-14(19(25)21-16(23)9-5-6-10-20)11-15(22)18(17(12)24)26-13-7-3-2-4-8-13/h2-4,7-8,11,22,24H,5-6,9-10,20H2,1H3,(H,21,23,25). The minimum atomic E-state index is -0.697. The first-order valence-electron chi connectivity index (χ1n) is 8.26. The number of ether oxygens (including phenoxy) is 1. The molecule has 0 saturated heterocycles. The molecule has 26 heavy (non-hydrogen) atoms. The lowest BCUT2D eigenvalue weighted by atomic mass is 10.1. The molecule has 0 bridgehead atoms. The molecular weight excluding hydrogens is 336 g/mol. The minimum Gasteiger partial charge on any atom is -0.504 e. The second-order valence-electron chi connectivity index (χ2n) is 5.78. The van der Waals surface area contributed by atoms with Gasteiger partial charge in [-0.2, -0.15) is 0 Å². The predicted molar refractivity (Wildman–Crippen MR) is 96.4 cm³/mol. The van der Waals surface area contributed by atoms with Crippen LogP contribution in [0.3, 0.4) is 0 Å². The summed E-state index contributed by atoms with van der Waals surface area (Å²) in [4.78, 5) is 24.0. The summed E-state index contributed by atoms with van der Waals surface area (Å²) in [6.45, 7) is 1.98. The van der Waals surface area contributed by atoms with Crippen molar-refractivity contribution in [3.63, 3.8) is 0 Å². The third kappa shape index (κ3) is 4.73. The predicted octanol–water partition coefficient (Wildman–Crippen LogP) is 2.58. The highest BCUT2D eigenvalue weighted by Gasteiger charge is 2.21. The molecule has 2 aromatic carbocycles. The SMILES string of the molecule is Cc1c(C(=O)NC(=O)CCCCN)cc(O)c(Oc2ccccc2)c1O. The van der Waals surface area contributed by atoms with Crippen LogP contribution in [0, 0.1) is 6.92 Å². The van der Waals surface area contributed by atoms with Gasteiger partial charge in [0.25, 0.3) is 5.91 Å². The van der Waals surface area contributed by atoms with Gasteiger partial charge >= 0.3 is 0 Å². The maximum absolute atomic E-state index is 12.3. The Bertz CT molecular complexity index is 790. The summed E-state index contributed by atoms with van der Waals surface area (Å²) in [6, 6.07) is 9.78. The van der Waals surface area contributed by atoms with Crippen LogP contribution in [0.15, 0.2) is 36.4 Å². The average molecular weight is 358 g/mol. The van der Waals surface area contributed by atoms with E-state index in [1.807, 2.05) is 0 Å². The Morgan fingerprint density at radius 1 is 1.15 bits per heavy atom. The fourth-order valence-electron chi connectivity index (χ4n) is 2.36. The lowest BCUT2D eigenvalue weighted by Crippen LogP contribution is -2.30. The number of phenolic OH excluding ortho intramolecular Hbond substituents is 2. The van der Waals surface area contributed by atoms with Crippen LogP contribution < -0.4 is 15.8 Å². The minimum absolute atomic E-state index is 0.00686. The number of carbonyl (C=O) groups excluding carboxylic acids is 2. The van der Waals surface area contributed by atoms with E-state index in [0.29, 0.717) is 25.1 Å². The van der Waals surface area contributed by atoms with Crippen LogP contribution in [-0.2, 0) is 4.79 Å². The Morgan fingerprint density at radius 2 is 1.85 bits per heavy atom. The highest BCUT2D eigenvalue weighted by atomic mass is 16.5. The Kier molecular flexibility index (Phi) is 6.57. The van der Waals surface area contributed by atoms with Gasteiger partial charge in [-0.1, -0.05) is 18.2 Å². The Morgan fingerprint density at radius 3 is 2.50 bits per heavy atom. The highest BCUT2D eigenvalue weighted by molar-refractivity contribution is 6.06. The van der Waals surface area contributed by atoms with Crippen molar-refractivity contribution >= 4 is 11.8 Å². The van der Waals surface area contributed by atoms with Gasteiger partial charge in [0, 0.05) is 12.0 Å². The molecule has 0 fully saturated rings. The molecule has 0 aliphatic carbocycles. The lowest BCUT2D eigenvalue weighted by Gasteiger charge is -2.14. The van der Waals surface area contributed by atoms with E-state index in [0.717, 1.165) is 6.07 Å². The third-order valence-corrected chi connectivity index (χ3v) is 3.81. The maximum atomic E-state index is 12.3. The van der Waals surface area contributed by atoms with E-state index < -0.39 is 17.6 Å². The molecule has 0 saturated carbocycles. The normalized spacial score (nSPS) is 10.4. The Labute approximate surface area is 151 Å². The molecule has 138 valence electrons. The van der Waals surface area contributed by atoms with Crippen LogP contribution in [0.2, 0.25) is 0 Å². The summed E-state index contributed by atoms with van der Waals surface area (Å²) in [7, 11) is 0. The summed E-state index contributed by atoms with van der Waals surface area (Å²) in [6.07, 6.45) is 1.44. The monoisotopic (exact) mass is 358 g/mol. The molecule has 0 spiro atoms. The number of nitrogens with two attached hydrogens (primary N) is 1. The number of para-hydroxylation sites is 1. The molecule has 2 rings (SSSR count). The van der Waals surface area contributed by atoms with Gasteiger partial charge in [0.15, 0.2) is 11.5 Å². The molecule has 0 aliphatic heterocycles. The number of aromatic hydroxyl groups is 2. The molecule has 0 aromatic heterocycles. The van der Waals surface area contributed by atoms with E-state index in [1.54, 1.807) is 30.3 Å². The van der Waals surface area contributed by atoms with Crippen molar-refractivity contribution in [2.24, 2.45) is 5.73 Å². The van der Waals surface area contributed by atoms with Crippen molar-refractivity contribution in [1.82, 2.24) is 5.32 Å². The van der Waals surface area contributed by atoms with E-state index in [2.05, 4.69) is 5.32 Å². The fourth-order valence-corrected chi connectivity index (χ4v) is 2.36. The van der Waals surface area contributed by atoms with Gasteiger partial charge in [-0.05, 0) is 44.5 Å². The number of benzene rings is 2. The van der Waals surface area contributed by atoms with Gasteiger partial charge < -0.3 is 20.7 Å². The van der Waals surface area contributed by atoms with Gasteiger partial charge in [-0.15, -0.1) is 0 Å². The first-order chi connectivity index (χ1) is 12.4. The zero-order valence-corrected chi connectivity index (χ0v) is 14.5. The van der Waals surface area contributed by atoms with Gasteiger partial charge in [0.1, 0.15) is 5.75 Å². The molecule has 7 heteroatoms. The van der Waals surface area contributed by atoms with Crippen LogP contribution in [-0.4, -0.2) is 28.6 Å². The number of rotatable bonds is 7. The lowest BCUT2D eigenvalue weighted by molar-refractivity contribution is -0.120. The van der Waals surface area contributed by atoms with Crippen LogP contribution >= 0.6 is 0 Å². The van der Waals surface area contributed by atoms with Crippen LogP contribution in [0.25, 0.3) is 0 Å². The first kappa shape index (κ1) is 19.3. The summed E-state index contributed by atoms with van der Waals surface area (Å²) < 4.78 is 5.49. The molecule has 0 heterocycles. The zero-order chi connectivity index (χ0) is 19.1. The van der Waals surface area contributed by atoms with Crippen molar-refractivity contribution in [1.29, 1.82) is 0 Å². The molecule has 7 nitrogen and oxygen atoms in total. The molecule has 0 radical (unpaired) electrons. The maximum Gasteiger partial charge on any atom is 0.258 e. The average Bonchev–Trinajstić information content (AvgIpc) is 2.62. The number of carbonyl (C=O) groups is 2. The van der Waals surface area contributed by atoms with Crippen molar-refractivity contribution in [2.45, 2.75) is 26.2 Å². The van der Waals surface area contributed by atoms with Gasteiger partial charge in [-0.25, -0.2) is 0 Å². The fraction of sp³-hybridized carbons (Fsp3) is 0.263. The molecule has 0 atom stereocenters. The van der Waals surface area contributed by atoms with Crippen LogP contribution in [0.5, 0.6) is 23.0 Å². The Balaban J connectivity index is 2.18.